The summed E-state index contributed by atoms with van der Waals surface area (Å²) in [4.78, 5) is 4.82. The van der Waals surface area contributed by atoms with Crippen LogP contribution in [0.1, 0.15) is 30.0 Å². The van der Waals surface area contributed by atoms with Crippen molar-refractivity contribution in [1.29, 1.82) is 0 Å². The molecule has 4 rings (SSSR count). The third-order valence-electron chi connectivity index (χ3n) is 7.14. The van der Waals surface area contributed by atoms with Crippen molar-refractivity contribution in [2.45, 2.75) is 43.7 Å². The number of phenolic OH excluding ortho intramolecular Hbond substituents is 1. The quantitative estimate of drug-likeness (QED) is 0.761. The Morgan fingerprint density at radius 3 is 2.60 bits per heavy atom. The number of phenols is 1. The van der Waals surface area contributed by atoms with Gasteiger partial charge in [-0.25, -0.2) is 13.6 Å². The van der Waals surface area contributed by atoms with Crippen LogP contribution < -0.4 is 10.0 Å². The number of benzene rings is 2. The number of aromatic hydroxyl groups is 1. The van der Waals surface area contributed by atoms with Crippen LogP contribution in [0.4, 0.5) is 5.69 Å². The summed E-state index contributed by atoms with van der Waals surface area (Å²) >= 11 is 0. The number of nitrogens with two attached hydrogens (primary N) is 1. The molecule has 1 aliphatic carbocycles. The third-order valence-corrected chi connectivity index (χ3v) is 7.91. The Balaban J connectivity index is 1.65. The second-order valence-electron chi connectivity index (χ2n) is 9.10. The van der Waals surface area contributed by atoms with Gasteiger partial charge in [-0.05, 0) is 73.8 Å². The normalized spacial score (nSPS) is 26.3. The Morgan fingerprint density at radius 1 is 1.23 bits per heavy atom. The number of likely N-dealkylation sites (N-methyl/N-ethyl adjacent to an activating group) is 2. The summed E-state index contributed by atoms with van der Waals surface area (Å²) in [7, 11) is 0.884. The number of hydrogen-bond acceptors (Lipinski definition) is 5. The predicted octanol–water partition coefficient (Wildman–Crippen LogP) is 2.25. The van der Waals surface area contributed by atoms with E-state index in [-0.39, 0.29) is 17.2 Å². The van der Waals surface area contributed by atoms with Crippen molar-refractivity contribution in [2.75, 3.05) is 31.3 Å². The fraction of sp³-hybridized carbons (Fsp3) is 0.478. The largest absolute Gasteiger partial charge is 0.508 e. The number of hydrogen-bond donors (Lipinski definition) is 2. The highest BCUT2D eigenvalue weighted by molar-refractivity contribution is 7.89. The number of likely N-dealkylation sites (tertiary alicyclic amines) is 1. The molecule has 3 atom stereocenters. The molecule has 1 fully saturated rings. The standard InChI is InChI=1S/C23H31N3O3S/c1-23-11-12-25(2)21(14-17-6-9-19(27)15-20(17)23)22(23)26(3)18-7-4-16(5-8-18)10-13-30(24,28)29/h4-9,15,21-22,27H,10-14H2,1-3H3,(H2,24,28,29)/t21-,22-,23-/m1/s1. The predicted molar refractivity (Wildman–Crippen MR) is 121 cm³/mol. The first-order valence-electron chi connectivity index (χ1n) is 10.4. The van der Waals surface area contributed by atoms with Gasteiger partial charge < -0.3 is 14.9 Å². The van der Waals surface area contributed by atoms with Gasteiger partial charge in [-0.3, -0.25) is 0 Å². The molecule has 6 nitrogen and oxygen atoms in total. The second kappa shape index (κ2) is 7.55. The second-order valence-corrected chi connectivity index (χ2v) is 10.8. The van der Waals surface area contributed by atoms with Crippen molar-refractivity contribution >= 4 is 15.7 Å². The van der Waals surface area contributed by atoms with Gasteiger partial charge in [-0.1, -0.05) is 25.1 Å². The molecule has 0 aromatic heterocycles. The minimum Gasteiger partial charge on any atom is -0.508 e. The monoisotopic (exact) mass is 429 g/mol. The van der Waals surface area contributed by atoms with Crippen LogP contribution in [0.2, 0.25) is 0 Å². The van der Waals surface area contributed by atoms with Crippen molar-refractivity contribution in [3.63, 3.8) is 0 Å². The van der Waals surface area contributed by atoms with Crippen LogP contribution in [0.25, 0.3) is 0 Å². The van der Waals surface area contributed by atoms with Crippen molar-refractivity contribution in [2.24, 2.45) is 5.14 Å². The molecule has 0 saturated carbocycles. The Kier molecular flexibility index (Phi) is 5.33. The molecule has 0 amide bonds. The van der Waals surface area contributed by atoms with Crippen LogP contribution in [0.3, 0.4) is 0 Å². The molecule has 0 spiro atoms. The van der Waals surface area contributed by atoms with Gasteiger partial charge in [0, 0.05) is 24.2 Å². The number of rotatable bonds is 5. The molecule has 2 bridgehead atoms. The lowest BCUT2D eigenvalue weighted by molar-refractivity contribution is 0.0834. The van der Waals surface area contributed by atoms with E-state index < -0.39 is 10.0 Å². The number of sulfonamides is 1. The van der Waals surface area contributed by atoms with Gasteiger partial charge in [0.05, 0.1) is 11.8 Å². The van der Waals surface area contributed by atoms with Gasteiger partial charge in [0.15, 0.2) is 0 Å². The maximum Gasteiger partial charge on any atom is 0.209 e. The van der Waals surface area contributed by atoms with Gasteiger partial charge in [0.25, 0.3) is 0 Å². The lowest BCUT2D eigenvalue weighted by atomic mass is 9.61. The molecule has 7 heteroatoms. The van der Waals surface area contributed by atoms with Gasteiger partial charge in [0.2, 0.25) is 10.0 Å². The van der Waals surface area contributed by atoms with Crippen LogP contribution in [0.5, 0.6) is 5.75 Å². The van der Waals surface area contributed by atoms with Crippen LogP contribution >= 0.6 is 0 Å². The van der Waals surface area contributed by atoms with Crippen LogP contribution in [-0.4, -0.2) is 56.9 Å². The molecule has 2 aromatic carbocycles. The van der Waals surface area contributed by atoms with Crippen molar-refractivity contribution in [3.8, 4) is 5.75 Å². The van der Waals surface area contributed by atoms with Crippen LogP contribution in [-0.2, 0) is 28.3 Å². The van der Waals surface area contributed by atoms with E-state index in [0.717, 1.165) is 30.6 Å². The fourth-order valence-corrected chi connectivity index (χ4v) is 5.97. The maximum absolute atomic E-state index is 11.2. The lowest BCUT2D eigenvalue weighted by Gasteiger charge is -2.57. The van der Waals surface area contributed by atoms with Gasteiger partial charge in [-0.15, -0.1) is 0 Å². The molecule has 1 saturated heterocycles. The van der Waals surface area contributed by atoms with Crippen molar-refractivity contribution in [1.82, 2.24) is 4.90 Å². The number of fused-ring (bicyclic) bond motifs is 4. The first-order valence-corrected chi connectivity index (χ1v) is 12.1. The summed E-state index contributed by atoms with van der Waals surface area (Å²) in [6.45, 7) is 3.36. The van der Waals surface area contributed by atoms with E-state index in [9.17, 15) is 13.5 Å². The van der Waals surface area contributed by atoms with Gasteiger partial charge in [0.1, 0.15) is 5.75 Å². The number of aryl methyl sites for hydroxylation is 1. The zero-order valence-electron chi connectivity index (χ0n) is 17.9. The first kappa shape index (κ1) is 21.2. The number of piperidine rings is 1. The molecule has 0 radical (unpaired) electrons. The van der Waals surface area contributed by atoms with E-state index in [4.69, 9.17) is 5.14 Å². The molecule has 0 unspecified atom stereocenters. The molecule has 1 heterocycles. The zero-order chi connectivity index (χ0) is 21.7. The summed E-state index contributed by atoms with van der Waals surface area (Å²) in [6.07, 6.45) is 2.41. The van der Waals surface area contributed by atoms with E-state index in [1.54, 1.807) is 6.07 Å². The van der Waals surface area contributed by atoms with Crippen LogP contribution in [0, 0.1) is 0 Å². The van der Waals surface area contributed by atoms with E-state index in [0.29, 0.717) is 18.2 Å². The molecule has 30 heavy (non-hydrogen) atoms. The van der Waals surface area contributed by atoms with Gasteiger partial charge >= 0.3 is 0 Å². The van der Waals surface area contributed by atoms with E-state index in [2.05, 4.69) is 49.0 Å². The minimum atomic E-state index is -3.46. The van der Waals surface area contributed by atoms with Crippen LogP contribution in [0.15, 0.2) is 42.5 Å². The Hall–Kier alpha value is -2.09. The Morgan fingerprint density at radius 2 is 1.93 bits per heavy atom. The summed E-state index contributed by atoms with van der Waals surface area (Å²) in [5.74, 6) is 0.281. The topological polar surface area (TPSA) is 86.9 Å². The highest BCUT2D eigenvalue weighted by Gasteiger charge is 2.51. The minimum absolute atomic E-state index is 0.0456. The van der Waals surface area contributed by atoms with E-state index in [1.807, 2.05) is 18.2 Å². The molecular formula is C23H31N3O3S. The molecule has 2 aromatic rings. The fourth-order valence-electron chi connectivity index (χ4n) is 5.45. The average molecular weight is 430 g/mol. The molecular weight excluding hydrogens is 398 g/mol. The summed E-state index contributed by atoms with van der Waals surface area (Å²) in [5.41, 5.74) is 4.59. The molecule has 162 valence electrons. The Bertz CT molecular complexity index is 1040. The zero-order valence-corrected chi connectivity index (χ0v) is 18.7. The van der Waals surface area contributed by atoms with Crippen molar-refractivity contribution in [3.05, 3.63) is 59.2 Å². The SMILES string of the molecule is CN1CC[C@]2(C)c3cc(O)ccc3C[C@@H]1[C@H]2N(C)c1ccc(CCS(N)(=O)=O)cc1. The number of primary sulfonamides is 1. The highest BCUT2D eigenvalue weighted by Crippen LogP contribution is 2.48. The smallest absolute Gasteiger partial charge is 0.209 e. The summed E-state index contributed by atoms with van der Waals surface area (Å²) < 4.78 is 22.5. The summed E-state index contributed by atoms with van der Waals surface area (Å²) in [6, 6.07) is 14.6. The molecule has 1 aliphatic heterocycles. The van der Waals surface area contributed by atoms with Gasteiger partial charge in [-0.2, -0.15) is 0 Å². The van der Waals surface area contributed by atoms with E-state index >= 15 is 0 Å². The highest BCUT2D eigenvalue weighted by atomic mass is 32.2. The van der Waals surface area contributed by atoms with E-state index in [1.165, 1.54) is 11.1 Å². The Labute approximate surface area is 179 Å². The van der Waals surface area contributed by atoms with Crippen molar-refractivity contribution < 1.29 is 13.5 Å². The first-order chi connectivity index (χ1) is 14.1. The summed E-state index contributed by atoms with van der Waals surface area (Å²) in [5, 5.41) is 15.3. The average Bonchev–Trinajstić information content (AvgIpc) is 2.69. The molecule has 3 N–H and O–H groups in total. The maximum atomic E-state index is 11.2. The number of anilines is 1. The lowest BCUT2D eigenvalue weighted by Crippen LogP contribution is -2.66. The molecule has 2 aliphatic rings. The number of nitrogens with zero attached hydrogens (tertiary/aromatic N) is 2. The third kappa shape index (κ3) is 3.82.